The van der Waals surface area contributed by atoms with Crippen molar-refractivity contribution >= 4 is 33.2 Å². The number of anilines is 2. The van der Waals surface area contributed by atoms with Crippen LogP contribution < -0.4 is 54.6 Å². The summed E-state index contributed by atoms with van der Waals surface area (Å²) in [5, 5.41) is 2.49. The average Bonchev–Trinajstić information content (AvgIpc) is 3.71. The Morgan fingerprint density at radius 1 is 0.455 bits per heavy atom. The molecular formula is C38H52Br2N4. The lowest BCUT2D eigenvalue weighted by Gasteiger charge is -2.10. The number of rotatable bonds is 15. The van der Waals surface area contributed by atoms with Crippen LogP contribution in [0.25, 0.3) is 21.8 Å². The summed E-state index contributed by atoms with van der Waals surface area (Å²) in [4.78, 5) is 0. The molecule has 0 aliphatic heterocycles. The van der Waals surface area contributed by atoms with Crippen LogP contribution in [0.5, 0.6) is 0 Å². The van der Waals surface area contributed by atoms with Crippen LogP contribution >= 0.6 is 0 Å². The number of pyridine rings is 2. The predicted molar refractivity (Wildman–Crippen MR) is 177 cm³/mol. The Hall–Kier alpha value is -2.18. The van der Waals surface area contributed by atoms with E-state index in [0.29, 0.717) is 0 Å². The molecule has 2 aromatic carbocycles. The SMILES string of the molecule is Nc1c2c([n+](CCCCCCCCCCCCCC[n+]3c4c(c(N)c5ccccc53)CCC4)c3ccccc13)CCC2.[Br-].[Br-]. The molecule has 0 bridgehead atoms. The number of benzene rings is 2. The average molecular weight is 725 g/mol. The van der Waals surface area contributed by atoms with Gasteiger partial charge in [0, 0.05) is 48.9 Å². The van der Waals surface area contributed by atoms with E-state index in [1.165, 1.54) is 147 Å². The van der Waals surface area contributed by atoms with Crippen molar-refractivity contribution in [1.29, 1.82) is 0 Å². The second-order valence-corrected chi connectivity index (χ2v) is 13.0. The highest BCUT2D eigenvalue weighted by Gasteiger charge is 2.29. The largest absolute Gasteiger partial charge is 1.00 e. The minimum Gasteiger partial charge on any atom is -1.00 e. The molecule has 0 spiro atoms. The summed E-state index contributed by atoms with van der Waals surface area (Å²) in [5.74, 6) is 0. The Morgan fingerprint density at radius 3 is 1.18 bits per heavy atom. The maximum Gasteiger partial charge on any atom is 0.214 e. The number of aryl methyl sites for hydroxylation is 2. The number of para-hydroxylation sites is 2. The lowest BCUT2D eigenvalue weighted by molar-refractivity contribution is -0.679. The summed E-state index contributed by atoms with van der Waals surface area (Å²) < 4.78 is 5.19. The molecule has 0 saturated heterocycles. The maximum absolute atomic E-state index is 6.55. The summed E-state index contributed by atoms with van der Waals surface area (Å²) in [7, 11) is 0. The number of hydrogen-bond acceptors (Lipinski definition) is 2. The fourth-order valence-corrected chi connectivity index (χ4v) is 7.94. The minimum absolute atomic E-state index is 0. The van der Waals surface area contributed by atoms with Crippen LogP contribution in [0, 0.1) is 0 Å². The third-order valence-electron chi connectivity index (χ3n) is 10.2. The van der Waals surface area contributed by atoms with Gasteiger partial charge < -0.3 is 45.4 Å². The normalized spacial score (nSPS) is 13.5. The standard InChI is InChI=1S/C38H50N4.2BrH/c39-37-29-19-11-13-23-33(29)41(35-25-17-21-31(35)37)27-15-9-7-5-3-1-2-4-6-8-10-16-28-42-34-24-14-12-20-30(34)38(40)32-22-18-26-36(32)42;;/h11-14,19-20,23-24,39-40H,1-10,15-18,21-22,25-28H2;2*1H. The van der Waals surface area contributed by atoms with Crippen molar-refractivity contribution in [2.45, 2.75) is 129 Å². The molecule has 0 amide bonds. The minimum atomic E-state index is 0. The first-order valence-electron chi connectivity index (χ1n) is 17.2. The van der Waals surface area contributed by atoms with Gasteiger partial charge in [0.15, 0.2) is 11.4 Å². The van der Waals surface area contributed by atoms with Crippen molar-refractivity contribution in [3.63, 3.8) is 0 Å². The highest BCUT2D eigenvalue weighted by atomic mass is 79.9. The second kappa shape index (κ2) is 16.9. The molecule has 4 nitrogen and oxygen atoms in total. The van der Waals surface area contributed by atoms with Gasteiger partial charge in [0.2, 0.25) is 11.0 Å². The van der Waals surface area contributed by atoms with Crippen LogP contribution in [0.1, 0.15) is 112 Å². The first kappa shape index (κ1) is 34.7. The number of aromatic nitrogens is 2. The zero-order valence-corrected chi connectivity index (χ0v) is 29.7. The Morgan fingerprint density at radius 2 is 0.795 bits per heavy atom. The molecule has 2 aromatic heterocycles. The zero-order valence-electron chi connectivity index (χ0n) is 26.6. The molecule has 0 atom stereocenters. The Labute approximate surface area is 286 Å². The van der Waals surface area contributed by atoms with Gasteiger partial charge >= 0.3 is 0 Å². The molecule has 0 radical (unpaired) electrons. The van der Waals surface area contributed by atoms with Gasteiger partial charge in [-0.15, -0.1) is 0 Å². The van der Waals surface area contributed by atoms with Crippen molar-refractivity contribution in [3.05, 3.63) is 71.0 Å². The van der Waals surface area contributed by atoms with Crippen LogP contribution in [0.4, 0.5) is 11.4 Å². The molecule has 0 unspecified atom stereocenters. The van der Waals surface area contributed by atoms with Crippen molar-refractivity contribution in [2.75, 3.05) is 11.5 Å². The number of nitrogen functional groups attached to an aromatic ring is 2. The summed E-state index contributed by atoms with van der Waals surface area (Å²) >= 11 is 0. The highest BCUT2D eigenvalue weighted by molar-refractivity contribution is 5.90. The van der Waals surface area contributed by atoms with Crippen molar-refractivity contribution in [2.24, 2.45) is 0 Å². The van der Waals surface area contributed by atoms with Crippen molar-refractivity contribution in [3.8, 4) is 0 Å². The van der Waals surface area contributed by atoms with Crippen LogP contribution in [-0.2, 0) is 38.8 Å². The van der Waals surface area contributed by atoms with E-state index in [4.69, 9.17) is 11.5 Å². The number of nitrogens with two attached hydrogens (primary N) is 2. The molecule has 0 fully saturated rings. The second-order valence-electron chi connectivity index (χ2n) is 13.0. The molecule has 44 heavy (non-hydrogen) atoms. The first-order valence-corrected chi connectivity index (χ1v) is 17.2. The highest BCUT2D eigenvalue weighted by Crippen LogP contribution is 2.32. The number of nitrogens with zero attached hydrogens (tertiary/aromatic N) is 2. The van der Waals surface area contributed by atoms with Crippen LogP contribution in [0.2, 0.25) is 0 Å². The fraction of sp³-hybridized carbons (Fsp3) is 0.526. The number of hydrogen-bond donors (Lipinski definition) is 2. The molecule has 2 aliphatic carbocycles. The molecule has 0 saturated carbocycles. The Kier molecular flexibility index (Phi) is 13.4. The summed E-state index contributed by atoms with van der Waals surface area (Å²) in [5.41, 5.74) is 23.7. The topological polar surface area (TPSA) is 59.8 Å². The fourth-order valence-electron chi connectivity index (χ4n) is 7.94. The van der Waals surface area contributed by atoms with E-state index in [2.05, 4.69) is 57.7 Å². The van der Waals surface area contributed by atoms with Gasteiger partial charge in [-0.2, -0.15) is 9.13 Å². The molecule has 6 heteroatoms. The zero-order chi connectivity index (χ0) is 28.7. The quantitative estimate of drug-likeness (QED) is 0.146. The van der Waals surface area contributed by atoms with Gasteiger partial charge in [-0.1, -0.05) is 75.6 Å². The molecule has 4 N–H and O–H groups in total. The van der Waals surface area contributed by atoms with Crippen LogP contribution in [-0.4, -0.2) is 0 Å². The number of unbranched alkanes of at least 4 members (excludes halogenated alkanes) is 11. The summed E-state index contributed by atoms with van der Waals surface area (Å²) in [6.45, 7) is 2.28. The van der Waals surface area contributed by atoms with Gasteiger partial charge in [-0.05, 0) is 50.7 Å². The van der Waals surface area contributed by atoms with Gasteiger partial charge in [0.05, 0.1) is 22.1 Å². The van der Waals surface area contributed by atoms with E-state index < -0.39 is 0 Å². The van der Waals surface area contributed by atoms with Crippen molar-refractivity contribution < 1.29 is 43.1 Å². The van der Waals surface area contributed by atoms with E-state index in [-0.39, 0.29) is 34.0 Å². The summed E-state index contributed by atoms with van der Waals surface area (Å²) in [6, 6.07) is 17.5. The smallest absolute Gasteiger partial charge is 0.214 e. The molecule has 238 valence electrons. The lowest BCUT2D eigenvalue weighted by atomic mass is 10.0. The third-order valence-corrected chi connectivity index (χ3v) is 10.2. The number of fused-ring (bicyclic) bond motifs is 4. The van der Waals surface area contributed by atoms with Crippen molar-refractivity contribution in [1.82, 2.24) is 0 Å². The first-order chi connectivity index (χ1) is 20.7. The van der Waals surface area contributed by atoms with E-state index in [1.807, 2.05) is 0 Å². The van der Waals surface area contributed by atoms with Crippen LogP contribution in [0.3, 0.4) is 0 Å². The van der Waals surface area contributed by atoms with E-state index in [9.17, 15) is 0 Å². The molecular weight excluding hydrogens is 672 g/mol. The van der Waals surface area contributed by atoms with Gasteiger partial charge in [0.25, 0.3) is 0 Å². The molecule has 2 aliphatic rings. The van der Waals surface area contributed by atoms with Gasteiger partial charge in [-0.3, -0.25) is 0 Å². The lowest BCUT2D eigenvalue weighted by Crippen LogP contribution is -3.00. The molecule has 2 heterocycles. The monoisotopic (exact) mass is 722 g/mol. The van der Waals surface area contributed by atoms with E-state index in [1.54, 1.807) is 0 Å². The molecule has 6 rings (SSSR count). The molecule has 4 aromatic rings. The predicted octanol–water partition coefficient (Wildman–Crippen LogP) is 2.10. The number of halogens is 2. The van der Waals surface area contributed by atoms with Gasteiger partial charge in [-0.25, -0.2) is 0 Å². The Balaban J connectivity index is 0.00000221. The van der Waals surface area contributed by atoms with E-state index in [0.717, 1.165) is 37.3 Å². The van der Waals surface area contributed by atoms with E-state index >= 15 is 0 Å². The Bertz CT molecular complexity index is 1420. The summed E-state index contributed by atoms with van der Waals surface area (Å²) in [6.07, 6.45) is 23.5. The van der Waals surface area contributed by atoms with Gasteiger partial charge in [0.1, 0.15) is 13.1 Å². The maximum atomic E-state index is 6.55. The third kappa shape index (κ3) is 7.61. The van der Waals surface area contributed by atoms with Crippen LogP contribution in [0.15, 0.2) is 48.5 Å².